The summed E-state index contributed by atoms with van der Waals surface area (Å²) in [5.41, 5.74) is 4.93. The van der Waals surface area contributed by atoms with Crippen molar-refractivity contribution in [3.8, 4) is 5.75 Å². The number of ether oxygens (including phenoxy) is 1. The second-order valence-electron chi connectivity index (χ2n) is 8.53. The number of aromatic hydroxyl groups is 1. The van der Waals surface area contributed by atoms with Crippen LogP contribution in [-0.2, 0) is 14.3 Å². The lowest BCUT2D eigenvalue weighted by atomic mass is 9.69. The van der Waals surface area contributed by atoms with Crippen LogP contribution in [0.5, 0.6) is 5.75 Å². The summed E-state index contributed by atoms with van der Waals surface area (Å²) in [5.74, 6) is -0.181. The van der Waals surface area contributed by atoms with E-state index >= 15 is 0 Å². The molecule has 0 unspecified atom stereocenters. The number of likely N-dealkylation sites (tertiary alicyclic amines) is 1. The molecule has 0 spiro atoms. The Kier molecular flexibility index (Phi) is 5.34. The quantitative estimate of drug-likeness (QED) is 0.606. The Balaban J connectivity index is 1.50. The van der Waals surface area contributed by atoms with Gasteiger partial charge in [-0.05, 0) is 55.9 Å². The van der Waals surface area contributed by atoms with Crippen molar-refractivity contribution < 1.29 is 19.4 Å². The molecular weight excluding hydrogens is 366 g/mol. The van der Waals surface area contributed by atoms with Gasteiger partial charge >= 0.3 is 0 Å². The fourth-order valence-electron chi connectivity index (χ4n) is 5.26. The van der Waals surface area contributed by atoms with Crippen LogP contribution < -0.4 is 0 Å². The average molecular weight is 395 g/mol. The highest BCUT2D eigenvalue weighted by atomic mass is 16.5. The first-order valence-corrected chi connectivity index (χ1v) is 10.5. The maximum atomic E-state index is 12.7. The molecule has 3 aliphatic rings. The van der Waals surface area contributed by atoms with Crippen molar-refractivity contribution in [2.45, 2.75) is 45.6 Å². The number of amides is 2. The van der Waals surface area contributed by atoms with Crippen LogP contribution in [0, 0.1) is 17.8 Å². The van der Waals surface area contributed by atoms with Crippen LogP contribution in [0.3, 0.4) is 0 Å². The van der Waals surface area contributed by atoms with E-state index in [1.807, 2.05) is 12.1 Å². The fourth-order valence-corrected chi connectivity index (χ4v) is 5.26. The zero-order valence-corrected chi connectivity index (χ0v) is 17.4. The van der Waals surface area contributed by atoms with E-state index in [1.165, 1.54) is 21.6 Å². The number of imide groups is 1. The summed E-state index contributed by atoms with van der Waals surface area (Å²) in [4.78, 5) is 26.5. The van der Waals surface area contributed by atoms with Gasteiger partial charge in [-0.25, -0.2) is 0 Å². The van der Waals surface area contributed by atoms with Gasteiger partial charge in [0.1, 0.15) is 5.75 Å². The molecule has 1 aromatic rings. The molecule has 2 heterocycles. The monoisotopic (exact) mass is 395 g/mol. The summed E-state index contributed by atoms with van der Waals surface area (Å²) < 4.78 is 6.18. The Hall–Kier alpha value is -2.40. The highest BCUT2D eigenvalue weighted by Gasteiger charge is 2.55. The van der Waals surface area contributed by atoms with Crippen LogP contribution in [0.4, 0.5) is 0 Å². The number of hydrogen-bond donors (Lipinski definition) is 1. The largest absolute Gasteiger partial charge is 0.508 e. The molecular formula is C24H29NO4. The highest BCUT2D eigenvalue weighted by molar-refractivity contribution is 6.05. The minimum Gasteiger partial charge on any atom is -0.508 e. The van der Waals surface area contributed by atoms with Crippen LogP contribution >= 0.6 is 0 Å². The summed E-state index contributed by atoms with van der Waals surface area (Å²) in [6, 6.07) is 7.19. The van der Waals surface area contributed by atoms with Gasteiger partial charge in [-0.2, -0.15) is 0 Å². The Labute approximate surface area is 172 Å². The third kappa shape index (κ3) is 3.52. The van der Waals surface area contributed by atoms with Crippen molar-refractivity contribution in [1.82, 2.24) is 4.90 Å². The number of hydrogen-bond acceptors (Lipinski definition) is 4. The number of phenols is 1. The second-order valence-corrected chi connectivity index (χ2v) is 8.53. The van der Waals surface area contributed by atoms with Gasteiger partial charge in [-0.3, -0.25) is 14.5 Å². The summed E-state index contributed by atoms with van der Waals surface area (Å²) in [6.07, 6.45) is 5.55. The predicted octanol–water partition coefficient (Wildman–Crippen LogP) is 3.93. The van der Waals surface area contributed by atoms with E-state index < -0.39 is 0 Å². The van der Waals surface area contributed by atoms with E-state index in [-0.39, 0.29) is 41.4 Å². The van der Waals surface area contributed by atoms with Gasteiger partial charge in [-0.15, -0.1) is 0 Å². The summed E-state index contributed by atoms with van der Waals surface area (Å²) >= 11 is 0. The first kappa shape index (κ1) is 19.9. The van der Waals surface area contributed by atoms with Gasteiger partial charge in [0.2, 0.25) is 11.8 Å². The predicted molar refractivity (Wildman–Crippen MR) is 111 cm³/mol. The molecule has 0 radical (unpaired) electrons. The number of allylic oxidation sites excluding steroid dienone is 2. The first-order chi connectivity index (χ1) is 13.9. The van der Waals surface area contributed by atoms with Gasteiger partial charge in [0.25, 0.3) is 0 Å². The van der Waals surface area contributed by atoms with Crippen molar-refractivity contribution in [3.63, 3.8) is 0 Å². The molecule has 2 saturated heterocycles. The fraction of sp³-hybridized carbons (Fsp3) is 0.500. The molecule has 4 rings (SSSR count). The van der Waals surface area contributed by atoms with Crippen molar-refractivity contribution >= 4 is 17.9 Å². The van der Waals surface area contributed by atoms with Gasteiger partial charge in [-0.1, -0.05) is 36.3 Å². The molecule has 154 valence electrons. The van der Waals surface area contributed by atoms with Gasteiger partial charge < -0.3 is 9.84 Å². The van der Waals surface area contributed by atoms with Crippen molar-refractivity contribution in [3.05, 3.63) is 46.5 Å². The Bertz CT molecular complexity index is 883. The van der Waals surface area contributed by atoms with E-state index in [2.05, 4.69) is 19.9 Å². The van der Waals surface area contributed by atoms with Crippen LogP contribution in [0.15, 0.2) is 41.0 Å². The summed E-state index contributed by atoms with van der Waals surface area (Å²) in [6.45, 7) is 4.79. The maximum Gasteiger partial charge on any atom is 0.233 e. The lowest BCUT2D eigenvalue weighted by Crippen LogP contribution is -2.33. The third-order valence-corrected chi connectivity index (χ3v) is 6.76. The van der Waals surface area contributed by atoms with E-state index in [9.17, 15) is 14.7 Å². The molecule has 2 amide bonds. The third-order valence-electron chi connectivity index (χ3n) is 6.76. The van der Waals surface area contributed by atoms with E-state index in [0.717, 1.165) is 24.8 Å². The van der Waals surface area contributed by atoms with Crippen LogP contribution in [0.2, 0.25) is 0 Å². The molecule has 2 aliphatic heterocycles. The van der Waals surface area contributed by atoms with Gasteiger partial charge in [0.15, 0.2) is 0 Å². The SMILES string of the molecule is CCC1=C2[C@@H](CC/C(C)=C/c3ccc(O)cc3)OC[C@@H]2[C@@H]2C(=O)N(C)C(=O)[C@@H]2C1. The summed E-state index contributed by atoms with van der Waals surface area (Å²) in [5, 5.41) is 9.42. The molecule has 4 atom stereocenters. The number of nitrogens with zero attached hydrogens (tertiary/aromatic N) is 1. The topological polar surface area (TPSA) is 66.8 Å². The molecule has 1 N–H and O–H groups in total. The summed E-state index contributed by atoms with van der Waals surface area (Å²) in [7, 11) is 1.61. The number of fused-ring (bicyclic) bond motifs is 3. The molecule has 1 aromatic carbocycles. The maximum absolute atomic E-state index is 12.7. The molecule has 2 fully saturated rings. The van der Waals surface area contributed by atoms with Gasteiger partial charge in [0.05, 0.1) is 24.5 Å². The molecule has 1 aliphatic carbocycles. The van der Waals surface area contributed by atoms with E-state index in [1.54, 1.807) is 19.2 Å². The highest BCUT2D eigenvalue weighted by Crippen LogP contribution is 2.50. The number of benzene rings is 1. The molecule has 29 heavy (non-hydrogen) atoms. The zero-order chi connectivity index (χ0) is 20.7. The van der Waals surface area contributed by atoms with Crippen molar-refractivity contribution in [2.24, 2.45) is 17.8 Å². The zero-order valence-electron chi connectivity index (χ0n) is 17.4. The van der Waals surface area contributed by atoms with Crippen LogP contribution in [0.25, 0.3) is 6.08 Å². The Morgan fingerprint density at radius 3 is 2.62 bits per heavy atom. The number of rotatable bonds is 5. The second kappa shape index (κ2) is 7.79. The molecule has 5 nitrogen and oxygen atoms in total. The van der Waals surface area contributed by atoms with Crippen molar-refractivity contribution in [2.75, 3.05) is 13.7 Å². The molecule has 5 heteroatoms. The van der Waals surface area contributed by atoms with E-state index in [4.69, 9.17) is 4.74 Å². The molecule has 0 bridgehead atoms. The Morgan fingerprint density at radius 2 is 1.93 bits per heavy atom. The lowest BCUT2D eigenvalue weighted by molar-refractivity contribution is -0.138. The smallest absolute Gasteiger partial charge is 0.233 e. The van der Waals surface area contributed by atoms with E-state index in [0.29, 0.717) is 13.0 Å². The number of carbonyl (C=O) groups is 2. The van der Waals surface area contributed by atoms with Gasteiger partial charge in [0, 0.05) is 13.0 Å². The molecule has 0 saturated carbocycles. The molecule has 0 aromatic heterocycles. The van der Waals surface area contributed by atoms with Crippen LogP contribution in [0.1, 0.15) is 45.1 Å². The van der Waals surface area contributed by atoms with Crippen LogP contribution in [-0.4, -0.2) is 41.6 Å². The standard InChI is InChI=1S/C24H29NO4/c1-4-16-12-18-22(24(28)25(3)23(18)27)19-13-29-20(21(16)19)10-5-14(2)11-15-6-8-17(26)9-7-15/h6-9,11,18-20,22,26H,4-5,10,12-13H2,1-3H3/b14-11+/t18-,19+,20-,22-/m1/s1. The lowest BCUT2D eigenvalue weighted by Gasteiger charge is -2.31. The minimum atomic E-state index is -0.239. The Morgan fingerprint density at radius 1 is 1.21 bits per heavy atom. The minimum absolute atomic E-state index is 0.0267. The number of carbonyl (C=O) groups excluding carboxylic acids is 2. The number of phenolic OH excluding ortho intramolecular Hbond substituents is 1. The normalized spacial score (nSPS) is 29.5. The average Bonchev–Trinajstić information content (AvgIpc) is 3.23. The first-order valence-electron chi connectivity index (χ1n) is 10.5. The van der Waals surface area contributed by atoms with Crippen molar-refractivity contribution in [1.29, 1.82) is 0 Å².